The number of rotatable bonds is 4. The highest BCUT2D eigenvalue weighted by molar-refractivity contribution is 7.99. The van der Waals surface area contributed by atoms with Gasteiger partial charge in [0.1, 0.15) is 5.75 Å². The lowest BCUT2D eigenvalue weighted by Gasteiger charge is -2.26. The summed E-state index contributed by atoms with van der Waals surface area (Å²) in [6.07, 6.45) is 1.12. The van der Waals surface area contributed by atoms with Crippen molar-refractivity contribution in [2.24, 2.45) is 0 Å². The first-order valence-corrected chi connectivity index (χ1v) is 10.3. The summed E-state index contributed by atoms with van der Waals surface area (Å²) < 4.78 is 5.32. The molecule has 0 saturated carbocycles. The van der Waals surface area contributed by atoms with E-state index < -0.39 is 0 Å². The maximum atomic E-state index is 5.32. The average Bonchev–Trinajstić information content (AvgIpc) is 2.89. The first kappa shape index (κ1) is 18.0. The molecule has 3 aromatic carbocycles. The van der Waals surface area contributed by atoms with Crippen molar-refractivity contribution < 1.29 is 4.74 Å². The van der Waals surface area contributed by atoms with Crippen molar-refractivity contribution in [3.05, 3.63) is 89.5 Å². The predicted molar refractivity (Wildman–Crippen MR) is 115 cm³/mol. The Kier molecular flexibility index (Phi) is 5.40. The van der Waals surface area contributed by atoms with Crippen LogP contribution in [0.2, 0.25) is 0 Å². The van der Waals surface area contributed by atoms with Gasteiger partial charge in [0.15, 0.2) is 0 Å². The van der Waals surface area contributed by atoms with E-state index >= 15 is 0 Å². The molecule has 0 unspecified atom stereocenters. The van der Waals surface area contributed by atoms with Gasteiger partial charge < -0.3 is 9.64 Å². The Bertz CT molecular complexity index is 892. The number of thioether (sulfide) groups is 1. The molecule has 1 aliphatic heterocycles. The number of ether oxygens (including phenoxy) is 1. The second-order valence-corrected chi connectivity index (χ2v) is 8.24. The van der Waals surface area contributed by atoms with Crippen LogP contribution in [0.4, 0.5) is 5.69 Å². The van der Waals surface area contributed by atoms with Crippen molar-refractivity contribution in [1.82, 2.24) is 0 Å². The molecule has 0 spiro atoms. The number of benzene rings is 3. The molecule has 1 atom stereocenters. The van der Waals surface area contributed by atoms with E-state index in [-0.39, 0.29) is 0 Å². The number of hydrogen-bond acceptors (Lipinski definition) is 3. The Balaban J connectivity index is 1.65. The highest BCUT2D eigenvalue weighted by Gasteiger charge is 2.24. The lowest BCUT2D eigenvalue weighted by atomic mass is 10.1. The molecule has 0 aromatic heterocycles. The molecule has 0 bridgehead atoms. The van der Waals surface area contributed by atoms with Gasteiger partial charge >= 0.3 is 0 Å². The van der Waals surface area contributed by atoms with Crippen LogP contribution >= 0.6 is 11.8 Å². The van der Waals surface area contributed by atoms with Crippen molar-refractivity contribution >= 4 is 17.4 Å². The zero-order chi connectivity index (χ0) is 18.6. The Morgan fingerprint density at radius 2 is 1.74 bits per heavy atom. The first-order chi connectivity index (χ1) is 13.2. The van der Waals surface area contributed by atoms with E-state index in [9.17, 15) is 0 Å². The first-order valence-electron chi connectivity index (χ1n) is 9.43. The molecule has 1 aliphatic rings. The van der Waals surface area contributed by atoms with E-state index in [2.05, 4.69) is 84.6 Å². The number of hydrogen-bond donors (Lipinski definition) is 0. The summed E-state index contributed by atoms with van der Waals surface area (Å²) in [5.41, 5.74) is 5.48. The summed E-state index contributed by atoms with van der Waals surface area (Å²) >= 11 is 1.99. The zero-order valence-electron chi connectivity index (χ0n) is 15.9. The van der Waals surface area contributed by atoms with Gasteiger partial charge in [-0.05, 0) is 48.2 Å². The van der Waals surface area contributed by atoms with Gasteiger partial charge in [0.2, 0.25) is 0 Å². The maximum Gasteiger partial charge on any atom is 0.118 e. The van der Waals surface area contributed by atoms with Gasteiger partial charge in [-0.15, -0.1) is 11.8 Å². The Labute approximate surface area is 166 Å². The van der Waals surface area contributed by atoms with Crippen LogP contribution in [-0.4, -0.2) is 13.7 Å². The molecular weight excluding hydrogens is 350 g/mol. The van der Waals surface area contributed by atoms with Gasteiger partial charge in [-0.25, -0.2) is 0 Å². The standard InChI is InChI=1S/C24H25NOS/c1-18-7-6-10-23-24(18)25(17-19-8-4-3-5-9-19)16-15-22(27-23)20-11-13-21(26-2)14-12-20/h3-14,22H,15-17H2,1-2H3/t22-/m1/s1. The fourth-order valence-electron chi connectivity index (χ4n) is 3.74. The number of anilines is 1. The minimum absolute atomic E-state index is 0.456. The van der Waals surface area contributed by atoms with E-state index in [1.54, 1.807) is 7.11 Å². The maximum absolute atomic E-state index is 5.32. The monoisotopic (exact) mass is 375 g/mol. The van der Waals surface area contributed by atoms with Crippen LogP contribution in [0.25, 0.3) is 0 Å². The zero-order valence-corrected chi connectivity index (χ0v) is 16.7. The van der Waals surface area contributed by atoms with E-state index in [0.29, 0.717) is 5.25 Å². The van der Waals surface area contributed by atoms with Crippen LogP contribution < -0.4 is 9.64 Å². The molecule has 4 rings (SSSR count). The molecule has 0 N–H and O–H groups in total. The SMILES string of the molecule is COc1ccc([C@H]2CCN(Cc3ccccc3)c3c(C)cccc3S2)cc1. The second kappa shape index (κ2) is 8.10. The normalized spacial score (nSPS) is 16.5. The van der Waals surface area contributed by atoms with E-state index in [1.807, 2.05) is 11.8 Å². The van der Waals surface area contributed by atoms with Crippen molar-refractivity contribution in [3.63, 3.8) is 0 Å². The van der Waals surface area contributed by atoms with Crippen LogP contribution in [0.15, 0.2) is 77.7 Å². The van der Waals surface area contributed by atoms with E-state index in [1.165, 1.54) is 27.3 Å². The van der Waals surface area contributed by atoms with Gasteiger partial charge in [0.05, 0.1) is 12.8 Å². The Morgan fingerprint density at radius 3 is 2.48 bits per heavy atom. The molecule has 1 heterocycles. The largest absolute Gasteiger partial charge is 0.497 e. The molecule has 3 aromatic rings. The summed E-state index contributed by atoms with van der Waals surface area (Å²) in [5, 5.41) is 0.456. The molecule has 2 nitrogen and oxygen atoms in total. The average molecular weight is 376 g/mol. The lowest BCUT2D eigenvalue weighted by molar-refractivity contribution is 0.414. The van der Waals surface area contributed by atoms with E-state index in [0.717, 1.165) is 25.3 Å². The summed E-state index contributed by atoms with van der Waals surface area (Å²) in [6.45, 7) is 4.23. The number of methoxy groups -OCH3 is 1. The Hall–Kier alpha value is -2.39. The highest BCUT2D eigenvalue weighted by Crippen LogP contribution is 2.46. The minimum atomic E-state index is 0.456. The lowest BCUT2D eigenvalue weighted by Crippen LogP contribution is -2.24. The predicted octanol–water partition coefficient (Wildman–Crippen LogP) is 6.25. The van der Waals surface area contributed by atoms with Crippen LogP contribution in [0.1, 0.15) is 28.4 Å². The summed E-state index contributed by atoms with van der Waals surface area (Å²) in [4.78, 5) is 3.93. The topological polar surface area (TPSA) is 12.5 Å². The third kappa shape index (κ3) is 3.98. The molecule has 0 fully saturated rings. The number of aryl methyl sites for hydroxylation is 1. The van der Waals surface area contributed by atoms with Crippen LogP contribution in [-0.2, 0) is 6.54 Å². The number of para-hydroxylation sites is 1. The third-order valence-electron chi connectivity index (χ3n) is 5.15. The van der Waals surface area contributed by atoms with E-state index in [4.69, 9.17) is 4.74 Å². The summed E-state index contributed by atoms with van der Waals surface area (Å²) in [6, 6.07) is 26.0. The van der Waals surface area contributed by atoms with Crippen LogP contribution in [0.5, 0.6) is 5.75 Å². The number of fused-ring (bicyclic) bond motifs is 1. The van der Waals surface area contributed by atoms with Crippen LogP contribution in [0.3, 0.4) is 0 Å². The second-order valence-electron chi connectivity index (χ2n) is 7.00. The van der Waals surface area contributed by atoms with Crippen molar-refractivity contribution in [3.8, 4) is 5.75 Å². The van der Waals surface area contributed by atoms with Crippen LogP contribution in [0, 0.1) is 6.92 Å². The molecule has 0 aliphatic carbocycles. The Morgan fingerprint density at radius 1 is 0.963 bits per heavy atom. The molecule has 0 radical (unpaired) electrons. The van der Waals surface area contributed by atoms with Gasteiger partial charge in [-0.2, -0.15) is 0 Å². The van der Waals surface area contributed by atoms with Gasteiger partial charge in [0, 0.05) is 23.2 Å². The summed E-state index contributed by atoms with van der Waals surface area (Å²) in [5.74, 6) is 0.916. The molecular formula is C24H25NOS. The van der Waals surface area contributed by atoms with Crippen molar-refractivity contribution in [2.45, 2.75) is 30.0 Å². The van der Waals surface area contributed by atoms with Gasteiger partial charge in [0.25, 0.3) is 0 Å². The molecule has 0 amide bonds. The number of nitrogens with zero attached hydrogens (tertiary/aromatic N) is 1. The summed E-state index contributed by atoms with van der Waals surface area (Å²) in [7, 11) is 1.72. The third-order valence-corrected chi connectivity index (χ3v) is 6.53. The fraction of sp³-hybridized carbons (Fsp3) is 0.250. The highest BCUT2D eigenvalue weighted by atomic mass is 32.2. The van der Waals surface area contributed by atoms with Gasteiger partial charge in [-0.1, -0.05) is 54.6 Å². The minimum Gasteiger partial charge on any atom is -0.497 e. The van der Waals surface area contributed by atoms with Crippen molar-refractivity contribution in [1.29, 1.82) is 0 Å². The van der Waals surface area contributed by atoms with Gasteiger partial charge in [-0.3, -0.25) is 0 Å². The smallest absolute Gasteiger partial charge is 0.118 e. The molecule has 3 heteroatoms. The molecule has 0 saturated heterocycles. The molecule has 27 heavy (non-hydrogen) atoms. The quantitative estimate of drug-likeness (QED) is 0.535. The van der Waals surface area contributed by atoms with Crippen molar-refractivity contribution in [2.75, 3.05) is 18.6 Å². The fourth-order valence-corrected chi connectivity index (χ4v) is 5.13. The molecule has 138 valence electrons.